The highest BCUT2D eigenvalue weighted by Crippen LogP contribution is 2.66. The van der Waals surface area contributed by atoms with E-state index in [1.54, 1.807) is 6.92 Å². The third-order valence-electron chi connectivity index (χ3n) is 8.43. The summed E-state index contributed by atoms with van der Waals surface area (Å²) < 4.78 is 0. The van der Waals surface area contributed by atoms with Crippen LogP contribution >= 0.6 is 0 Å². The molecule has 4 aliphatic carbocycles. The van der Waals surface area contributed by atoms with Crippen molar-refractivity contribution >= 4 is 11.6 Å². The van der Waals surface area contributed by atoms with Gasteiger partial charge in [0.1, 0.15) is 5.78 Å². The molecule has 0 bridgehead atoms. The molecule has 4 aliphatic rings. The van der Waals surface area contributed by atoms with Crippen molar-refractivity contribution in [1.82, 2.24) is 0 Å². The van der Waals surface area contributed by atoms with Gasteiger partial charge in [-0.3, -0.25) is 9.59 Å². The van der Waals surface area contributed by atoms with E-state index < -0.39 is 6.10 Å². The number of allylic oxidation sites excluding steroid dienone is 1. The molecule has 0 aromatic carbocycles. The quantitative estimate of drug-likeness (QED) is 0.797. The van der Waals surface area contributed by atoms with E-state index in [4.69, 9.17) is 0 Å². The van der Waals surface area contributed by atoms with Crippen molar-refractivity contribution in [3.8, 4) is 0 Å². The van der Waals surface area contributed by atoms with Gasteiger partial charge in [-0.1, -0.05) is 19.4 Å². The van der Waals surface area contributed by atoms with Gasteiger partial charge >= 0.3 is 0 Å². The topological polar surface area (TPSA) is 54.4 Å². The lowest BCUT2D eigenvalue weighted by atomic mass is 9.46. The summed E-state index contributed by atoms with van der Waals surface area (Å²) in [4.78, 5) is 24.1. The standard InChI is InChI=1S/C21H30O3/c1-12(22)19-18(24)11-17-15-5-4-13-10-14(23)6-8-20(13,2)16(15)7-9-21(17,19)3/h10,15-19,24H,4-9,11H2,1-3H3/t15-,16-,17+,18+,19-,20+,21-/m0/s1. The zero-order chi connectivity index (χ0) is 17.3. The van der Waals surface area contributed by atoms with Crippen molar-refractivity contribution in [2.45, 2.75) is 71.8 Å². The van der Waals surface area contributed by atoms with E-state index in [1.807, 2.05) is 6.08 Å². The highest BCUT2D eigenvalue weighted by Gasteiger charge is 2.62. The van der Waals surface area contributed by atoms with Crippen LogP contribution in [0.25, 0.3) is 0 Å². The number of hydrogen-bond donors (Lipinski definition) is 1. The van der Waals surface area contributed by atoms with Gasteiger partial charge in [-0.05, 0) is 80.1 Å². The molecule has 3 heteroatoms. The summed E-state index contributed by atoms with van der Waals surface area (Å²) >= 11 is 0. The molecule has 1 N–H and O–H groups in total. The summed E-state index contributed by atoms with van der Waals surface area (Å²) in [5.74, 6) is 1.95. The molecule has 0 amide bonds. The fourth-order valence-corrected chi connectivity index (χ4v) is 7.31. The van der Waals surface area contributed by atoms with E-state index in [-0.39, 0.29) is 22.5 Å². The Morgan fingerprint density at radius 2 is 1.92 bits per heavy atom. The van der Waals surface area contributed by atoms with Crippen LogP contribution in [0, 0.1) is 34.5 Å². The largest absolute Gasteiger partial charge is 0.392 e. The lowest BCUT2D eigenvalue weighted by Gasteiger charge is -2.57. The van der Waals surface area contributed by atoms with Crippen LogP contribution in [0.1, 0.15) is 65.7 Å². The van der Waals surface area contributed by atoms with Gasteiger partial charge in [0.15, 0.2) is 5.78 Å². The fourth-order valence-electron chi connectivity index (χ4n) is 7.31. The van der Waals surface area contributed by atoms with E-state index in [2.05, 4.69) is 13.8 Å². The van der Waals surface area contributed by atoms with Crippen LogP contribution in [0.15, 0.2) is 11.6 Å². The summed E-state index contributed by atoms with van der Waals surface area (Å²) in [6.07, 6.45) is 8.26. The van der Waals surface area contributed by atoms with Gasteiger partial charge in [0.25, 0.3) is 0 Å². The molecule has 3 fully saturated rings. The van der Waals surface area contributed by atoms with E-state index >= 15 is 0 Å². The van der Waals surface area contributed by atoms with Gasteiger partial charge in [0, 0.05) is 12.3 Å². The van der Waals surface area contributed by atoms with E-state index in [0.717, 1.165) is 38.5 Å². The first-order valence-corrected chi connectivity index (χ1v) is 9.70. The summed E-state index contributed by atoms with van der Waals surface area (Å²) in [6, 6.07) is 0. The van der Waals surface area contributed by atoms with E-state index in [9.17, 15) is 14.7 Å². The molecule has 132 valence electrons. The van der Waals surface area contributed by atoms with Crippen LogP contribution in [-0.2, 0) is 9.59 Å². The number of carbonyl (C=O) groups is 2. The number of aliphatic hydroxyl groups excluding tert-OH is 1. The number of ketones is 2. The first-order chi connectivity index (χ1) is 11.3. The number of hydrogen-bond acceptors (Lipinski definition) is 3. The second kappa shape index (κ2) is 5.27. The van der Waals surface area contributed by atoms with Crippen molar-refractivity contribution in [3.05, 3.63) is 11.6 Å². The molecular formula is C21H30O3. The molecule has 24 heavy (non-hydrogen) atoms. The van der Waals surface area contributed by atoms with Crippen LogP contribution in [0.3, 0.4) is 0 Å². The normalized spacial score (nSPS) is 50.6. The van der Waals surface area contributed by atoms with Crippen LogP contribution in [-0.4, -0.2) is 22.8 Å². The molecule has 3 saturated carbocycles. The van der Waals surface area contributed by atoms with Crippen molar-refractivity contribution < 1.29 is 14.7 Å². The smallest absolute Gasteiger partial charge is 0.155 e. The van der Waals surface area contributed by atoms with Crippen molar-refractivity contribution in [1.29, 1.82) is 0 Å². The van der Waals surface area contributed by atoms with E-state index in [0.29, 0.717) is 30.0 Å². The molecule has 0 spiro atoms. The Hall–Kier alpha value is -0.960. The molecule has 0 aromatic heterocycles. The first kappa shape index (κ1) is 16.5. The molecule has 4 rings (SSSR count). The Morgan fingerprint density at radius 3 is 2.62 bits per heavy atom. The maximum atomic E-state index is 12.2. The third-order valence-corrected chi connectivity index (χ3v) is 8.43. The maximum absolute atomic E-state index is 12.2. The third kappa shape index (κ3) is 2.06. The number of Topliss-reactive ketones (excluding diaryl/α,β-unsaturated/α-hetero) is 1. The molecule has 3 nitrogen and oxygen atoms in total. The maximum Gasteiger partial charge on any atom is 0.155 e. The predicted octanol–water partition coefficient (Wildman–Crippen LogP) is 3.69. The van der Waals surface area contributed by atoms with Crippen LogP contribution in [0.5, 0.6) is 0 Å². The second-order valence-electron chi connectivity index (χ2n) is 9.40. The summed E-state index contributed by atoms with van der Waals surface area (Å²) in [5, 5.41) is 10.6. The highest BCUT2D eigenvalue weighted by molar-refractivity contribution is 5.91. The van der Waals surface area contributed by atoms with Gasteiger partial charge in [0.2, 0.25) is 0 Å². The molecular weight excluding hydrogens is 300 g/mol. The SMILES string of the molecule is CC(=O)[C@H]1[C@H](O)C[C@@H]2[C@H]3CCC4=CC(=O)CC[C@@]4(C)[C@H]3CC[C@@]21C. The minimum absolute atomic E-state index is 0.0333. The lowest BCUT2D eigenvalue weighted by molar-refractivity contribution is -0.131. The van der Waals surface area contributed by atoms with Gasteiger partial charge in [-0.2, -0.15) is 0 Å². The molecule has 0 unspecified atom stereocenters. The number of carbonyl (C=O) groups excluding carboxylic acids is 2. The second-order valence-corrected chi connectivity index (χ2v) is 9.40. The van der Waals surface area contributed by atoms with E-state index in [1.165, 1.54) is 5.57 Å². The minimum atomic E-state index is -0.464. The van der Waals surface area contributed by atoms with Gasteiger partial charge < -0.3 is 5.11 Å². The molecule has 0 aromatic rings. The lowest BCUT2D eigenvalue weighted by Crippen LogP contribution is -2.51. The fraction of sp³-hybridized carbons (Fsp3) is 0.810. The summed E-state index contributed by atoms with van der Waals surface area (Å²) in [6.45, 7) is 6.29. The number of rotatable bonds is 1. The number of aliphatic hydroxyl groups is 1. The molecule has 0 aliphatic heterocycles. The molecule has 0 saturated heterocycles. The minimum Gasteiger partial charge on any atom is -0.392 e. The Bertz CT molecular complexity index is 621. The average Bonchev–Trinajstić information content (AvgIpc) is 2.78. The average molecular weight is 330 g/mol. The Morgan fingerprint density at radius 1 is 1.17 bits per heavy atom. The van der Waals surface area contributed by atoms with Crippen LogP contribution in [0.4, 0.5) is 0 Å². The first-order valence-electron chi connectivity index (χ1n) is 9.70. The Labute approximate surface area is 144 Å². The van der Waals surface area contributed by atoms with Crippen molar-refractivity contribution in [2.24, 2.45) is 34.5 Å². The summed E-state index contributed by atoms with van der Waals surface area (Å²) in [5.41, 5.74) is 1.51. The Kier molecular flexibility index (Phi) is 3.62. The Balaban J connectivity index is 1.69. The zero-order valence-electron chi connectivity index (χ0n) is 15.2. The van der Waals surface area contributed by atoms with Gasteiger partial charge in [-0.15, -0.1) is 0 Å². The van der Waals surface area contributed by atoms with Crippen molar-refractivity contribution in [3.63, 3.8) is 0 Å². The molecule has 0 heterocycles. The van der Waals surface area contributed by atoms with Crippen LogP contribution < -0.4 is 0 Å². The van der Waals surface area contributed by atoms with Crippen LogP contribution in [0.2, 0.25) is 0 Å². The monoisotopic (exact) mass is 330 g/mol. The summed E-state index contributed by atoms with van der Waals surface area (Å²) in [7, 11) is 0. The highest BCUT2D eigenvalue weighted by atomic mass is 16.3. The molecule has 7 atom stereocenters. The van der Waals surface area contributed by atoms with Crippen molar-refractivity contribution in [2.75, 3.05) is 0 Å². The van der Waals surface area contributed by atoms with Gasteiger partial charge in [0.05, 0.1) is 6.10 Å². The van der Waals surface area contributed by atoms with Gasteiger partial charge in [-0.25, -0.2) is 0 Å². The molecule has 0 radical (unpaired) electrons. The number of fused-ring (bicyclic) bond motifs is 5. The predicted molar refractivity (Wildman–Crippen MR) is 92.3 cm³/mol. The zero-order valence-corrected chi connectivity index (χ0v) is 15.2.